The summed E-state index contributed by atoms with van der Waals surface area (Å²) in [5.41, 5.74) is 0.313. The van der Waals surface area contributed by atoms with Crippen LogP contribution in [0.1, 0.15) is 50.1 Å². The number of likely N-dealkylation sites (N-methyl/N-ethyl adjacent to an activating group) is 1. The molecule has 0 saturated heterocycles. The van der Waals surface area contributed by atoms with E-state index in [1.54, 1.807) is 7.11 Å². The third kappa shape index (κ3) is 5.21. The summed E-state index contributed by atoms with van der Waals surface area (Å²) in [4.78, 5) is 14.3. The Morgan fingerprint density at radius 2 is 1.88 bits per heavy atom. The first-order valence-corrected chi connectivity index (χ1v) is 8.73. The summed E-state index contributed by atoms with van der Waals surface area (Å²) in [7, 11) is 5.64. The van der Waals surface area contributed by atoms with Gasteiger partial charge in [-0.2, -0.15) is 0 Å². The van der Waals surface area contributed by atoms with E-state index in [-0.39, 0.29) is 18.4 Å². The second-order valence-corrected chi connectivity index (χ2v) is 7.02. The smallest absolute Gasteiger partial charge is 0.222 e. The van der Waals surface area contributed by atoms with Crippen molar-refractivity contribution in [2.24, 2.45) is 0 Å². The average Bonchev–Trinajstić information content (AvgIpc) is 2.55. The monoisotopic (exact) mass is 334 g/mol. The molecule has 0 aliphatic heterocycles. The first-order chi connectivity index (χ1) is 11.4. The SMILES string of the molecule is COc1ccc(C(CNC(=O)CC2(O)CCCCC2)N(C)C)cc1. The van der Waals surface area contributed by atoms with Gasteiger partial charge in [-0.1, -0.05) is 31.4 Å². The van der Waals surface area contributed by atoms with Gasteiger partial charge in [0.15, 0.2) is 0 Å². The fourth-order valence-electron chi connectivity index (χ4n) is 3.38. The number of nitrogens with zero attached hydrogens (tertiary/aromatic N) is 1. The van der Waals surface area contributed by atoms with E-state index in [4.69, 9.17) is 4.74 Å². The summed E-state index contributed by atoms with van der Waals surface area (Å²) >= 11 is 0. The Balaban J connectivity index is 1.91. The molecule has 1 aliphatic carbocycles. The third-order valence-corrected chi connectivity index (χ3v) is 4.89. The van der Waals surface area contributed by atoms with Gasteiger partial charge in [0.2, 0.25) is 5.91 Å². The van der Waals surface area contributed by atoms with Crippen molar-refractivity contribution in [1.29, 1.82) is 0 Å². The fraction of sp³-hybridized carbons (Fsp3) is 0.632. The molecule has 0 aromatic heterocycles. The molecule has 0 spiro atoms. The van der Waals surface area contributed by atoms with Crippen LogP contribution in [0.5, 0.6) is 5.75 Å². The predicted octanol–water partition coefficient (Wildman–Crippen LogP) is 2.50. The topological polar surface area (TPSA) is 61.8 Å². The second kappa shape index (κ2) is 8.49. The van der Waals surface area contributed by atoms with Gasteiger partial charge in [0.1, 0.15) is 5.75 Å². The van der Waals surface area contributed by atoms with E-state index < -0.39 is 5.60 Å². The van der Waals surface area contributed by atoms with Crippen LogP contribution in [0, 0.1) is 0 Å². The molecular formula is C19H30N2O3. The van der Waals surface area contributed by atoms with Crippen LogP contribution >= 0.6 is 0 Å². The van der Waals surface area contributed by atoms with E-state index in [1.165, 1.54) is 0 Å². The quantitative estimate of drug-likeness (QED) is 0.804. The molecule has 1 aliphatic rings. The van der Waals surface area contributed by atoms with Crippen molar-refractivity contribution >= 4 is 5.91 Å². The molecular weight excluding hydrogens is 304 g/mol. The fourth-order valence-corrected chi connectivity index (χ4v) is 3.38. The van der Waals surface area contributed by atoms with E-state index in [0.717, 1.165) is 43.4 Å². The molecule has 0 radical (unpaired) electrons. The number of benzene rings is 1. The second-order valence-electron chi connectivity index (χ2n) is 7.02. The van der Waals surface area contributed by atoms with Gasteiger partial charge < -0.3 is 20.1 Å². The van der Waals surface area contributed by atoms with Crippen LogP contribution in [0.4, 0.5) is 0 Å². The van der Waals surface area contributed by atoms with Gasteiger partial charge in [0.05, 0.1) is 25.2 Å². The normalized spacial score (nSPS) is 18.2. The zero-order chi connectivity index (χ0) is 17.6. The lowest BCUT2D eigenvalue weighted by atomic mass is 9.82. The van der Waals surface area contributed by atoms with Crippen molar-refractivity contribution in [2.75, 3.05) is 27.7 Å². The number of carbonyl (C=O) groups is 1. The number of aliphatic hydroxyl groups is 1. The van der Waals surface area contributed by atoms with E-state index in [9.17, 15) is 9.90 Å². The van der Waals surface area contributed by atoms with Crippen molar-refractivity contribution in [3.05, 3.63) is 29.8 Å². The molecule has 1 saturated carbocycles. The Hall–Kier alpha value is -1.59. The highest BCUT2D eigenvalue weighted by molar-refractivity contribution is 5.77. The van der Waals surface area contributed by atoms with Gasteiger partial charge >= 0.3 is 0 Å². The number of hydrogen-bond acceptors (Lipinski definition) is 4. The highest BCUT2D eigenvalue weighted by Crippen LogP contribution is 2.30. The number of amides is 1. The van der Waals surface area contributed by atoms with Crippen molar-refractivity contribution in [1.82, 2.24) is 10.2 Å². The molecule has 134 valence electrons. The number of methoxy groups -OCH3 is 1. The van der Waals surface area contributed by atoms with Crippen molar-refractivity contribution in [3.8, 4) is 5.75 Å². The summed E-state index contributed by atoms with van der Waals surface area (Å²) in [5, 5.41) is 13.5. The summed E-state index contributed by atoms with van der Waals surface area (Å²) in [5.74, 6) is 0.750. The molecule has 24 heavy (non-hydrogen) atoms. The zero-order valence-corrected chi connectivity index (χ0v) is 15.0. The maximum atomic E-state index is 12.3. The molecule has 2 rings (SSSR count). The number of hydrogen-bond donors (Lipinski definition) is 2. The standard InChI is InChI=1S/C19H30N2O3/c1-21(2)17(15-7-9-16(24-3)10-8-15)14-20-18(22)13-19(23)11-5-4-6-12-19/h7-10,17,23H,4-6,11-14H2,1-3H3,(H,20,22). The van der Waals surface area contributed by atoms with Crippen LogP contribution < -0.4 is 10.1 Å². The molecule has 5 nitrogen and oxygen atoms in total. The summed E-state index contributed by atoms with van der Waals surface area (Å²) in [6, 6.07) is 7.98. The molecule has 1 atom stereocenters. The maximum Gasteiger partial charge on any atom is 0.222 e. The molecule has 1 aromatic rings. The molecule has 5 heteroatoms. The first-order valence-electron chi connectivity index (χ1n) is 8.73. The molecule has 0 bridgehead atoms. The predicted molar refractivity (Wildman–Crippen MR) is 95.1 cm³/mol. The molecule has 0 heterocycles. The van der Waals surface area contributed by atoms with Crippen LogP contribution in [0.15, 0.2) is 24.3 Å². The lowest BCUT2D eigenvalue weighted by molar-refractivity contribution is -0.127. The van der Waals surface area contributed by atoms with E-state index in [2.05, 4.69) is 10.2 Å². The van der Waals surface area contributed by atoms with Crippen LogP contribution in [0.3, 0.4) is 0 Å². The van der Waals surface area contributed by atoms with Gasteiger partial charge in [-0.3, -0.25) is 4.79 Å². The van der Waals surface area contributed by atoms with Gasteiger partial charge in [-0.05, 0) is 44.6 Å². The van der Waals surface area contributed by atoms with Crippen molar-refractivity contribution < 1.29 is 14.6 Å². The highest BCUT2D eigenvalue weighted by atomic mass is 16.5. The minimum absolute atomic E-state index is 0.0697. The van der Waals surface area contributed by atoms with Crippen LogP contribution in [-0.4, -0.2) is 49.3 Å². The molecule has 1 unspecified atom stereocenters. The van der Waals surface area contributed by atoms with Crippen LogP contribution in [0.2, 0.25) is 0 Å². The van der Waals surface area contributed by atoms with Crippen LogP contribution in [-0.2, 0) is 4.79 Å². The Morgan fingerprint density at radius 3 is 2.42 bits per heavy atom. The molecule has 1 amide bonds. The maximum absolute atomic E-state index is 12.3. The largest absolute Gasteiger partial charge is 0.497 e. The number of carbonyl (C=O) groups excluding carboxylic acids is 1. The average molecular weight is 334 g/mol. The number of rotatable bonds is 7. The van der Waals surface area contributed by atoms with Gasteiger partial charge in [-0.25, -0.2) is 0 Å². The Labute approximate surface area is 145 Å². The summed E-state index contributed by atoms with van der Waals surface area (Å²) in [6.07, 6.45) is 4.85. The lowest BCUT2D eigenvalue weighted by Gasteiger charge is -2.32. The first kappa shape index (κ1) is 18.7. The Kier molecular flexibility index (Phi) is 6.63. The molecule has 2 N–H and O–H groups in total. The lowest BCUT2D eigenvalue weighted by Crippen LogP contribution is -2.41. The van der Waals surface area contributed by atoms with E-state index >= 15 is 0 Å². The zero-order valence-electron chi connectivity index (χ0n) is 15.0. The third-order valence-electron chi connectivity index (χ3n) is 4.89. The van der Waals surface area contributed by atoms with Crippen LogP contribution in [0.25, 0.3) is 0 Å². The van der Waals surface area contributed by atoms with Crippen molar-refractivity contribution in [2.45, 2.75) is 50.2 Å². The van der Waals surface area contributed by atoms with Gasteiger partial charge in [0, 0.05) is 6.54 Å². The molecule has 1 aromatic carbocycles. The Morgan fingerprint density at radius 1 is 1.25 bits per heavy atom. The summed E-state index contributed by atoms with van der Waals surface area (Å²) in [6.45, 7) is 0.522. The van der Waals surface area contributed by atoms with E-state index in [1.807, 2.05) is 38.4 Å². The van der Waals surface area contributed by atoms with E-state index in [0.29, 0.717) is 6.54 Å². The minimum atomic E-state index is -0.809. The minimum Gasteiger partial charge on any atom is -0.497 e. The molecule has 1 fully saturated rings. The number of ether oxygens (including phenoxy) is 1. The van der Waals surface area contributed by atoms with Gasteiger partial charge in [-0.15, -0.1) is 0 Å². The number of nitrogens with one attached hydrogen (secondary N) is 1. The Bertz CT molecular complexity index is 522. The van der Waals surface area contributed by atoms with Crippen molar-refractivity contribution in [3.63, 3.8) is 0 Å². The summed E-state index contributed by atoms with van der Waals surface area (Å²) < 4.78 is 5.19. The van der Waals surface area contributed by atoms with Gasteiger partial charge in [0.25, 0.3) is 0 Å². The highest BCUT2D eigenvalue weighted by Gasteiger charge is 2.31.